The fourth-order valence-electron chi connectivity index (χ4n) is 4.69. The van der Waals surface area contributed by atoms with Crippen molar-refractivity contribution in [1.82, 2.24) is 30.2 Å². The zero-order valence-corrected chi connectivity index (χ0v) is 21.4. The molecular formula is C25H32FN7O4. The zero-order chi connectivity index (χ0) is 26.7. The van der Waals surface area contributed by atoms with E-state index in [1.807, 2.05) is 26.8 Å². The number of halogens is 1. The Bertz CT molecular complexity index is 1290. The molecule has 2 atom stereocenters. The number of aromatic nitrogens is 4. The van der Waals surface area contributed by atoms with Crippen molar-refractivity contribution in [1.29, 1.82) is 0 Å². The number of amides is 2. The van der Waals surface area contributed by atoms with Crippen LogP contribution in [-0.4, -0.2) is 62.9 Å². The lowest BCUT2D eigenvalue weighted by Gasteiger charge is -2.30. The maximum Gasteiger partial charge on any atom is 0.404 e. The van der Waals surface area contributed by atoms with Crippen molar-refractivity contribution in [3.8, 4) is 5.88 Å². The molecule has 0 radical (unpaired) electrons. The number of ether oxygens (including phenoxy) is 1. The zero-order valence-electron chi connectivity index (χ0n) is 21.4. The Morgan fingerprint density at radius 3 is 2.81 bits per heavy atom. The smallest absolute Gasteiger partial charge is 0.404 e. The van der Waals surface area contributed by atoms with Gasteiger partial charge in [-0.05, 0) is 36.8 Å². The van der Waals surface area contributed by atoms with Crippen LogP contribution in [0.2, 0.25) is 0 Å². The third-order valence-electron chi connectivity index (χ3n) is 6.61. The van der Waals surface area contributed by atoms with Crippen molar-refractivity contribution in [2.75, 3.05) is 25.1 Å². The minimum absolute atomic E-state index is 0.177. The van der Waals surface area contributed by atoms with E-state index < -0.39 is 11.9 Å². The predicted molar refractivity (Wildman–Crippen MR) is 134 cm³/mol. The first-order valence-electron chi connectivity index (χ1n) is 12.2. The van der Waals surface area contributed by atoms with Crippen molar-refractivity contribution in [3.05, 3.63) is 47.7 Å². The highest BCUT2D eigenvalue weighted by molar-refractivity contribution is 5.99. The SMILES string of the molecule is COc1ncc(F)cc1C1CCCN1c1ccn2ncc(C(=O)NCCC(NC(=O)O)C(C)(C)C)c2n1. The molecule has 4 rings (SSSR count). The minimum Gasteiger partial charge on any atom is -0.481 e. The van der Waals surface area contributed by atoms with E-state index in [0.717, 1.165) is 19.0 Å². The average Bonchev–Trinajstić information content (AvgIpc) is 3.49. The van der Waals surface area contributed by atoms with Gasteiger partial charge in [0.05, 0.1) is 25.5 Å². The van der Waals surface area contributed by atoms with E-state index in [0.29, 0.717) is 41.4 Å². The second-order valence-electron chi connectivity index (χ2n) is 10.1. The molecule has 2 amide bonds. The number of nitrogens with zero attached hydrogens (tertiary/aromatic N) is 5. The minimum atomic E-state index is -1.10. The molecule has 0 bridgehead atoms. The number of carbonyl (C=O) groups is 2. The summed E-state index contributed by atoms with van der Waals surface area (Å²) in [4.78, 5) is 35.0. The third-order valence-corrected chi connectivity index (χ3v) is 6.61. The van der Waals surface area contributed by atoms with Crippen LogP contribution in [0.1, 0.15) is 62.0 Å². The quantitative estimate of drug-likeness (QED) is 0.417. The lowest BCUT2D eigenvalue weighted by molar-refractivity contribution is 0.0950. The second-order valence-corrected chi connectivity index (χ2v) is 10.1. The van der Waals surface area contributed by atoms with Gasteiger partial charge in [0.25, 0.3) is 5.91 Å². The average molecular weight is 514 g/mol. The molecular weight excluding hydrogens is 481 g/mol. The fourth-order valence-corrected chi connectivity index (χ4v) is 4.69. The number of anilines is 1. The molecule has 2 unspecified atom stereocenters. The molecule has 198 valence electrons. The van der Waals surface area contributed by atoms with E-state index in [-0.39, 0.29) is 30.0 Å². The third kappa shape index (κ3) is 5.73. The summed E-state index contributed by atoms with van der Waals surface area (Å²) in [5, 5.41) is 18.7. The molecule has 3 N–H and O–H groups in total. The molecule has 1 aliphatic heterocycles. The molecule has 1 saturated heterocycles. The van der Waals surface area contributed by atoms with E-state index in [1.54, 1.807) is 6.20 Å². The van der Waals surface area contributed by atoms with Gasteiger partial charge in [-0.1, -0.05) is 20.8 Å². The van der Waals surface area contributed by atoms with Gasteiger partial charge in [-0.3, -0.25) is 4.79 Å². The topological polar surface area (TPSA) is 134 Å². The van der Waals surface area contributed by atoms with Gasteiger partial charge in [0.1, 0.15) is 17.2 Å². The maximum atomic E-state index is 14.0. The fraction of sp³-hybridized carbons (Fsp3) is 0.480. The summed E-state index contributed by atoms with van der Waals surface area (Å²) in [6, 6.07) is 2.74. The Morgan fingerprint density at radius 1 is 1.32 bits per heavy atom. The van der Waals surface area contributed by atoms with Crippen molar-refractivity contribution >= 4 is 23.5 Å². The molecule has 1 fully saturated rings. The summed E-state index contributed by atoms with van der Waals surface area (Å²) in [7, 11) is 1.51. The first kappa shape index (κ1) is 26.1. The molecule has 12 heteroatoms. The van der Waals surface area contributed by atoms with Crippen molar-refractivity contribution in [3.63, 3.8) is 0 Å². The molecule has 0 saturated carbocycles. The Labute approximate surface area is 214 Å². The normalized spacial score (nSPS) is 16.6. The van der Waals surface area contributed by atoms with E-state index in [1.165, 1.54) is 23.9 Å². The van der Waals surface area contributed by atoms with Gasteiger partial charge in [-0.2, -0.15) is 5.10 Å². The Balaban J connectivity index is 1.53. The number of carboxylic acid groups (broad SMARTS) is 1. The Morgan fingerprint density at radius 2 is 2.11 bits per heavy atom. The Kier molecular flexibility index (Phi) is 7.46. The molecule has 3 aromatic rings. The van der Waals surface area contributed by atoms with Gasteiger partial charge >= 0.3 is 6.09 Å². The summed E-state index contributed by atoms with van der Waals surface area (Å²) in [6.07, 6.45) is 5.31. The van der Waals surface area contributed by atoms with Crippen LogP contribution in [0, 0.1) is 11.2 Å². The number of fused-ring (bicyclic) bond motifs is 1. The lowest BCUT2D eigenvalue weighted by atomic mass is 9.85. The van der Waals surface area contributed by atoms with Crippen LogP contribution in [0.3, 0.4) is 0 Å². The molecule has 3 aromatic heterocycles. The molecule has 0 spiro atoms. The van der Waals surface area contributed by atoms with Gasteiger partial charge in [0.15, 0.2) is 5.65 Å². The number of pyridine rings is 1. The highest BCUT2D eigenvalue weighted by Gasteiger charge is 2.31. The van der Waals surface area contributed by atoms with Gasteiger partial charge in [0.2, 0.25) is 5.88 Å². The summed E-state index contributed by atoms with van der Waals surface area (Å²) in [5.74, 6) is 0.216. The monoisotopic (exact) mass is 513 g/mol. The van der Waals surface area contributed by atoms with Gasteiger partial charge in [-0.25, -0.2) is 23.7 Å². The number of rotatable bonds is 8. The largest absolute Gasteiger partial charge is 0.481 e. The molecule has 0 aromatic carbocycles. The number of carbonyl (C=O) groups excluding carboxylic acids is 1. The number of hydrogen-bond acceptors (Lipinski definition) is 7. The number of nitrogens with one attached hydrogen (secondary N) is 2. The van der Waals surface area contributed by atoms with E-state index in [2.05, 4.69) is 25.6 Å². The van der Waals surface area contributed by atoms with Crippen LogP contribution in [0.4, 0.5) is 15.0 Å². The van der Waals surface area contributed by atoms with Crippen molar-refractivity contribution < 1.29 is 23.8 Å². The lowest BCUT2D eigenvalue weighted by Crippen LogP contribution is -2.45. The summed E-state index contributed by atoms with van der Waals surface area (Å²) < 4.78 is 20.9. The molecule has 37 heavy (non-hydrogen) atoms. The van der Waals surface area contributed by atoms with E-state index in [4.69, 9.17) is 14.8 Å². The molecule has 11 nitrogen and oxygen atoms in total. The standard InChI is InChI=1S/C25H32FN7O4/c1-25(2,3)19(30-24(35)36)7-9-27-22(34)17-14-29-33-11-8-20(31-21(17)33)32-10-5-6-18(32)16-12-15(26)13-28-23(16)37-4/h8,11-14,18-19,30H,5-7,9-10H2,1-4H3,(H,27,34)(H,35,36). The van der Waals surface area contributed by atoms with Gasteiger partial charge < -0.3 is 25.4 Å². The van der Waals surface area contributed by atoms with Crippen molar-refractivity contribution in [2.24, 2.45) is 5.41 Å². The van der Waals surface area contributed by atoms with Crippen molar-refractivity contribution in [2.45, 2.75) is 52.1 Å². The van der Waals surface area contributed by atoms with E-state index >= 15 is 0 Å². The molecule has 0 aliphatic carbocycles. The van der Waals surface area contributed by atoms with Crippen LogP contribution in [-0.2, 0) is 0 Å². The summed E-state index contributed by atoms with van der Waals surface area (Å²) >= 11 is 0. The highest BCUT2D eigenvalue weighted by atomic mass is 19.1. The number of hydrogen-bond donors (Lipinski definition) is 3. The number of methoxy groups -OCH3 is 1. The van der Waals surface area contributed by atoms with Crippen LogP contribution in [0.5, 0.6) is 5.88 Å². The summed E-state index contributed by atoms with van der Waals surface area (Å²) in [5.41, 5.74) is 1.04. The second kappa shape index (κ2) is 10.6. The van der Waals surface area contributed by atoms with Gasteiger partial charge in [-0.15, -0.1) is 0 Å². The van der Waals surface area contributed by atoms with Crippen LogP contribution in [0.25, 0.3) is 5.65 Å². The predicted octanol–water partition coefficient (Wildman–Crippen LogP) is 3.42. The maximum absolute atomic E-state index is 14.0. The molecule has 4 heterocycles. The van der Waals surface area contributed by atoms with Crippen LogP contribution < -0.4 is 20.3 Å². The van der Waals surface area contributed by atoms with Gasteiger partial charge in [0, 0.05) is 30.9 Å². The first-order chi connectivity index (χ1) is 17.6. The molecule has 1 aliphatic rings. The van der Waals surface area contributed by atoms with Crippen LogP contribution >= 0.6 is 0 Å². The van der Waals surface area contributed by atoms with Crippen LogP contribution in [0.15, 0.2) is 30.7 Å². The van der Waals surface area contributed by atoms with E-state index in [9.17, 15) is 14.0 Å². The summed E-state index contributed by atoms with van der Waals surface area (Å²) in [6.45, 7) is 6.79. The Hall–Kier alpha value is -3.96. The first-order valence-corrected chi connectivity index (χ1v) is 12.2. The highest BCUT2D eigenvalue weighted by Crippen LogP contribution is 2.38.